The first-order valence-electron chi connectivity index (χ1n) is 11.1. The van der Waals surface area contributed by atoms with Gasteiger partial charge in [-0.2, -0.15) is 0 Å². The maximum atomic E-state index is 5.78. The fourth-order valence-corrected chi connectivity index (χ4v) is 2.87. The number of nitrogens with zero attached hydrogens (tertiary/aromatic N) is 2. The molecule has 0 saturated heterocycles. The molecule has 1 aromatic heterocycles. The standard InChI is InChI=1S/C24H36N2O4/c1-3-14-28-16-8-9-18-29-22-12-10-21(11-13-22)24-25-19-23(20-26-24)30-17-7-5-4-6-15-27-2/h10-13,19-20H,3-9,14-18H2,1-2H3. The molecule has 1 heterocycles. The number of methoxy groups -OCH3 is 1. The molecule has 0 radical (unpaired) electrons. The Balaban J connectivity index is 1.65. The minimum absolute atomic E-state index is 0.682. The van der Waals surface area contributed by atoms with Crippen LogP contribution < -0.4 is 9.47 Å². The highest BCUT2D eigenvalue weighted by Gasteiger charge is 2.03. The van der Waals surface area contributed by atoms with Crippen LogP contribution in [0.1, 0.15) is 51.9 Å². The van der Waals surface area contributed by atoms with Gasteiger partial charge in [-0.3, -0.25) is 0 Å². The van der Waals surface area contributed by atoms with Gasteiger partial charge in [0.2, 0.25) is 0 Å². The maximum absolute atomic E-state index is 5.78. The minimum atomic E-state index is 0.682. The van der Waals surface area contributed by atoms with Gasteiger partial charge >= 0.3 is 0 Å². The van der Waals surface area contributed by atoms with Gasteiger partial charge in [-0.1, -0.05) is 13.3 Å². The Morgan fingerprint density at radius 2 is 1.27 bits per heavy atom. The Labute approximate surface area is 180 Å². The van der Waals surface area contributed by atoms with Crippen LogP contribution in [0.5, 0.6) is 11.5 Å². The van der Waals surface area contributed by atoms with Crippen LogP contribution in [0.2, 0.25) is 0 Å². The molecule has 0 N–H and O–H groups in total. The third-order valence-corrected chi connectivity index (χ3v) is 4.55. The molecule has 0 unspecified atom stereocenters. The van der Waals surface area contributed by atoms with Crippen molar-refractivity contribution in [1.29, 1.82) is 0 Å². The average molecular weight is 417 g/mol. The molecule has 0 aliphatic carbocycles. The smallest absolute Gasteiger partial charge is 0.159 e. The van der Waals surface area contributed by atoms with Crippen molar-refractivity contribution in [2.24, 2.45) is 0 Å². The van der Waals surface area contributed by atoms with E-state index in [1.807, 2.05) is 24.3 Å². The van der Waals surface area contributed by atoms with Crippen LogP contribution in [-0.2, 0) is 9.47 Å². The van der Waals surface area contributed by atoms with Crippen LogP contribution >= 0.6 is 0 Å². The fourth-order valence-electron chi connectivity index (χ4n) is 2.87. The van der Waals surface area contributed by atoms with Crippen molar-refractivity contribution in [1.82, 2.24) is 9.97 Å². The Morgan fingerprint density at radius 1 is 0.667 bits per heavy atom. The number of benzene rings is 1. The van der Waals surface area contributed by atoms with E-state index in [0.717, 1.165) is 69.7 Å². The molecule has 0 fully saturated rings. The topological polar surface area (TPSA) is 62.7 Å². The molecule has 2 rings (SSSR count). The Morgan fingerprint density at radius 3 is 1.93 bits per heavy atom. The minimum Gasteiger partial charge on any atom is -0.494 e. The summed E-state index contributed by atoms with van der Waals surface area (Å²) in [6, 6.07) is 7.88. The van der Waals surface area contributed by atoms with Crippen LogP contribution in [0, 0.1) is 0 Å². The summed E-state index contributed by atoms with van der Waals surface area (Å²) < 4.78 is 22.0. The molecule has 0 aliphatic rings. The SMILES string of the molecule is CCCOCCCCOc1ccc(-c2ncc(OCCCCCCOC)cn2)cc1. The van der Waals surface area contributed by atoms with Crippen molar-refractivity contribution in [2.45, 2.75) is 51.9 Å². The maximum Gasteiger partial charge on any atom is 0.159 e. The second kappa shape index (κ2) is 15.6. The first kappa shape index (κ1) is 24.1. The lowest BCUT2D eigenvalue weighted by Gasteiger charge is -2.08. The highest BCUT2D eigenvalue weighted by Crippen LogP contribution is 2.20. The molecule has 6 nitrogen and oxygen atoms in total. The number of aromatic nitrogens is 2. The molecule has 1 aromatic carbocycles. The summed E-state index contributed by atoms with van der Waals surface area (Å²) in [7, 11) is 1.74. The van der Waals surface area contributed by atoms with Crippen LogP contribution in [-0.4, -0.2) is 50.1 Å². The van der Waals surface area contributed by atoms with E-state index in [1.165, 1.54) is 6.42 Å². The first-order chi connectivity index (χ1) is 14.8. The Hall–Kier alpha value is -2.18. The summed E-state index contributed by atoms with van der Waals surface area (Å²) in [4.78, 5) is 8.84. The van der Waals surface area contributed by atoms with Gasteiger partial charge in [0.1, 0.15) is 5.75 Å². The molecule has 0 amide bonds. The van der Waals surface area contributed by atoms with Gasteiger partial charge in [-0.05, 0) is 62.8 Å². The summed E-state index contributed by atoms with van der Waals surface area (Å²) in [5, 5.41) is 0. The van der Waals surface area contributed by atoms with E-state index in [9.17, 15) is 0 Å². The highest BCUT2D eigenvalue weighted by molar-refractivity contribution is 5.56. The molecule has 0 atom stereocenters. The molecule has 2 aromatic rings. The molecule has 6 heteroatoms. The van der Waals surface area contributed by atoms with Crippen molar-refractivity contribution in [3.63, 3.8) is 0 Å². The highest BCUT2D eigenvalue weighted by atomic mass is 16.5. The fraction of sp³-hybridized carbons (Fsp3) is 0.583. The van der Waals surface area contributed by atoms with Crippen LogP contribution in [0.25, 0.3) is 11.4 Å². The molecule has 0 aliphatic heterocycles. The van der Waals surface area contributed by atoms with Crippen molar-refractivity contribution < 1.29 is 18.9 Å². The zero-order valence-corrected chi connectivity index (χ0v) is 18.5. The van der Waals surface area contributed by atoms with Crippen molar-refractivity contribution in [2.75, 3.05) is 40.1 Å². The number of hydrogen-bond acceptors (Lipinski definition) is 6. The predicted octanol–water partition coefficient (Wildman–Crippen LogP) is 5.31. The van der Waals surface area contributed by atoms with E-state index < -0.39 is 0 Å². The second-order valence-electron chi connectivity index (χ2n) is 7.19. The zero-order valence-electron chi connectivity index (χ0n) is 18.5. The molecule has 0 saturated carbocycles. The van der Waals surface area contributed by atoms with Crippen LogP contribution in [0.3, 0.4) is 0 Å². The second-order valence-corrected chi connectivity index (χ2v) is 7.19. The zero-order chi connectivity index (χ0) is 21.3. The van der Waals surface area contributed by atoms with Gasteiger partial charge in [0.25, 0.3) is 0 Å². The number of rotatable bonds is 17. The lowest BCUT2D eigenvalue weighted by atomic mass is 10.2. The van der Waals surface area contributed by atoms with Gasteiger partial charge in [-0.15, -0.1) is 0 Å². The quantitative estimate of drug-likeness (QED) is 0.326. The van der Waals surface area contributed by atoms with E-state index in [0.29, 0.717) is 24.8 Å². The van der Waals surface area contributed by atoms with E-state index in [2.05, 4.69) is 16.9 Å². The molecule has 0 bridgehead atoms. The number of ether oxygens (including phenoxy) is 4. The summed E-state index contributed by atoms with van der Waals surface area (Å²) in [5.74, 6) is 2.25. The molecule has 0 spiro atoms. The molecule has 30 heavy (non-hydrogen) atoms. The van der Waals surface area contributed by atoms with Gasteiger partial charge in [0, 0.05) is 32.5 Å². The first-order valence-corrected chi connectivity index (χ1v) is 11.1. The summed E-state index contributed by atoms with van der Waals surface area (Å²) >= 11 is 0. The van der Waals surface area contributed by atoms with E-state index in [4.69, 9.17) is 18.9 Å². The van der Waals surface area contributed by atoms with E-state index in [1.54, 1.807) is 19.5 Å². The van der Waals surface area contributed by atoms with Gasteiger partial charge in [0.05, 0.1) is 25.6 Å². The van der Waals surface area contributed by atoms with Crippen molar-refractivity contribution in [3.8, 4) is 22.9 Å². The largest absolute Gasteiger partial charge is 0.494 e. The number of unbranched alkanes of at least 4 members (excludes halogenated alkanes) is 4. The van der Waals surface area contributed by atoms with Crippen molar-refractivity contribution in [3.05, 3.63) is 36.7 Å². The van der Waals surface area contributed by atoms with Gasteiger partial charge in [0.15, 0.2) is 11.6 Å². The van der Waals surface area contributed by atoms with Crippen molar-refractivity contribution >= 4 is 0 Å². The third kappa shape index (κ3) is 10.0. The summed E-state index contributed by atoms with van der Waals surface area (Å²) in [5.41, 5.74) is 0.958. The lowest BCUT2D eigenvalue weighted by Crippen LogP contribution is -2.01. The molecule has 166 valence electrons. The predicted molar refractivity (Wildman–Crippen MR) is 119 cm³/mol. The van der Waals surface area contributed by atoms with Crippen LogP contribution in [0.4, 0.5) is 0 Å². The Bertz CT molecular complexity index is 602. The van der Waals surface area contributed by atoms with Crippen LogP contribution in [0.15, 0.2) is 36.7 Å². The van der Waals surface area contributed by atoms with Gasteiger partial charge < -0.3 is 18.9 Å². The molecular formula is C24H36N2O4. The average Bonchev–Trinajstić information content (AvgIpc) is 2.79. The molecular weight excluding hydrogens is 380 g/mol. The van der Waals surface area contributed by atoms with E-state index >= 15 is 0 Å². The van der Waals surface area contributed by atoms with E-state index in [-0.39, 0.29) is 0 Å². The summed E-state index contributed by atoms with van der Waals surface area (Å²) in [6.07, 6.45) is 11.0. The van der Waals surface area contributed by atoms with Gasteiger partial charge in [-0.25, -0.2) is 9.97 Å². The monoisotopic (exact) mass is 416 g/mol. The summed E-state index contributed by atoms with van der Waals surface area (Å²) in [6.45, 7) is 5.98. The third-order valence-electron chi connectivity index (χ3n) is 4.55. The lowest BCUT2D eigenvalue weighted by molar-refractivity contribution is 0.127. The number of hydrogen-bond donors (Lipinski definition) is 0. The normalized spacial score (nSPS) is 10.9. The Kier molecular flexibility index (Phi) is 12.6.